The van der Waals surface area contributed by atoms with Crippen LogP contribution in [-0.4, -0.2) is 195 Å². The van der Waals surface area contributed by atoms with Gasteiger partial charge >= 0.3 is 6.09 Å². The van der Waals surface area contributed by atoms with Gasteiger partial charge in [0.1, 0.15) is 33.4 Å². The maximum atomic E-state index is 13.7. The predicted octanol–water partition coefficient (Wildman–Crippen LogP) is 12.7. The fraction of sp³-hybridized carbons (Fsp3) is 0.371. The molecule has 1 saturated heterocycles. The van der Waals surface area contributed by atoms with Gasteiger partial charge in [-0.3, -0.25) is 28.8 Å². The van der Waals surface area contributed by atoms with Gasteiger partial charge in [-0.25, -0.2) is 47.8 Å². The number of likely N-dealkylation sites (N-methyl/N-ethyl adjacent to an activating group) is 2. The molecule has 0 unspecified atom stereocenters. The van der Waals surface area contributed by atoms with E-state index in [1.54, 1.807) is 70.8 Å². The van der Waals surface area contributed by atoms with Gasteiger partial charge in [0.05, 0.1) is 60.9 Å². The summed E-state index contributed by atoms with van der Waals surface area (Å²) in [5.74, 6) is 2.79. The third-order valence-electron chi connectivity index (χ3n) is 26.2. The second-order valence-corrected chi connectivity index (χ2v) is 37.2. The second-order valence-electron chi connectivity index (χ2n) is 37.2. The predicted molar refractivity (Wildman–Crippen MR) is 498 cm³/mol. The lowest BCUT2D eigenvalue weighted by Gasteiger charge is -2.39. The summed E-state index contributed by atoms with van der Waals surface area (Å²) in [4.78, 5) is 135. The average molecular weight is 1750 g/mol. The molecule has 130 heavy (non-hydrogen) atoms. The van der Waals surface area contributed by atoms with Crippen LogP contribution in [0.3, 0.4) is 0 Å². The molecule has 33 heteroatoms. The van der Waals surface area contributed by atoms with Crippen LogP contribution in [0.2, 0.25) is 0 Å². The molecule has 0 radical (unpaired) electrons. The molecular weight excluding hydrogens is 1650 g/mol. The number of nitrogens with zero attached hydrogens (tertiary/aromatic N) is 19. The molecule has 4 amide bonds. The molecular formula is C97H104N22O11. The van der Waals surface area contributed by atoms with E-state index in [0.717, 1.165) is 113 Å². The van der Waals surface area contributed by atoms with Gasteiger partial charge in [0.2, 0.25) is 17.8 Å². The number of piperazine rings is 1. The summed E-state index contributed by atoms with van der Waals surface area (Å²) in [6.07, 6.45) is 22.6. The maximum absolute atomic E-state index is 13.7. The molecule has 6 bridgehead atoms. The molecule has 2 fully saturated rings. The summed E-state index contributed by atoms with van der Waals surface area (Å²) in [5, 5.41) is 11.2. The van der Waals surface area contributed by atoms with Crippen LogP contribution in [0.5, 0.6) is 17.2 Å². The van der Waals surface area contributed by atoms with E-state index in [1.807, 2.05) is 113 Å². The van der Waals surface area contributed by atoms with Crippen molar-refractivity contribution in [3.05, 3.63) is 224 Å². The fourth-order valence-electron chi connectivity index (χ4n) is 19.6. The number of benzene rings is 6. The van der Waals surface area contributed by atoms with E-state index in [9.17, 15) is 33.6 Å². The van der Waals surface area contributed by atoms with Crippen LogP contribution in [0.25, 0.3) is 50.2 Å². The van der Waals surface area contributed by atoms with Gasteiger partial charge in [-0.2, -0.15) is 15.0 Å². The minimum Gasteiger partial charge on any atom is -0.482 e. The summed E-state index contributed by atoms with van der Waals surface area (Å²) in [5.41, 5.74) is 12.7. The number of methoxy groups -OCH3 is 1. The molecule has 3 N–H and O–H groups in total. The van der Waals surface area contributed by atoms with Gasteiger partial charge in [-0.05, 0) is 204 Å². The summed E-state index contributed by atoms with van der Waals surface area (Å²) >= 11 is 0. The number of amides is 4. The number of allylic oxidation sites excluding steroid dienone is 6. The molecule has 9 aliphatic heterocycles. The van der Waals surface area contributed by atoms with Crippen LogP contribution in [-0.2, 0) is 62.7 Å². The normalized spacial score (nSPS) is 18.6. The SMILES string of the molecule is CN1CCN(c2ccc(Nc3ncc4c(=O)n5n(c4n3)-c3ccc4c(c3)N(CC(C)(C)CC=CC5)C(=O)CO4)cc2)CC1.CN1Cc2cc(Nc3ncc4c(=O)n5n(c4n3)-c3ccc4c(c3)N(CCCC=CC5)C(=O)CO4)ccc2C(C)(C)C1.COC(=O)N1Cc2cc(Nc3ncc4c(=O)n5n(c4n3)-c3ccc4c(c3)N(CCCC=CC5)C(=O)C(C)(C)O4)ccc2C2(CC2)C1. The van der Waals surface area contributed by atoms with E-state index in [0.29, 0.717) is 149 Å². The van der Waals surface area contributed by atoms with E-state index in [2.05, 4.69) is 136 Å². The number of carbonyl (C=O) groups is 4. The Bertz CT molecular complexity index is 6880. The zero-order valence-electron chi connectivity index (χ0n) is 74.4. The number of nitrogens with one attached hydrogen (secondary N) is 3. The monoisotopic (exact) mass is 1750 g/mol. The van der Waals surface area contributed by atoms with E-state index in [-0.39, 0.29) is 70.0 Å². The lowest BCUT2D eigenvalue weighted by molar-refractivity contribution is -0.132. The molecule has 6 aromatic carbocycles. The average Bonchev–Trinajstić information content (AvgIpc) is 1.54. The highest BCUT2D eigenvalue weighted by molar-refractivity contribution is 6.03. The first-order valence-electron chi connectivity index (χ1n) is 44.6. The third-order valence-corrected chi connectivity index (χ3v) is 26.2. The molecule has 0 atom stereocenters. The van der Waals surface area contributed by atoms with Crippen LogP contribution in [0.1, 0.15) is 109 Å². The first kappa shape index (κ1) is 84.0. The number of fused-ring (bicyclic) bond motifs is 18. The van der Waals surface area contributed by atoms with Crippen LogP contribution in [0, 0.1) is 5.41 Å². The first-order chi connectivity index (χ1) is 62.7. The zero-order valence-corrected chi connectivity index (χ0v) is 74.4. The van der Waals surface area contributed by atoms with Crippen molar-refractivity contribution >= 4 is 115 Å². The van der Waals surface area contributed by atoms with E-state index >= 15 is 0 Å². The Kier molecular flexibility index (Phi) is 21.4. The van der Waals surface area contributed by atoms with E-state index < -0.39 is 5.60 Å². The molecule has 1 spiro atoms. The number of anilines is 10. The molecule has 12 aromatic rings. The van der Waals surface area contributed by atoms with Gasteiger partial charge in [0.25, 0.3) is 34.4 Å². The quantitative estimate of drug-likeness (QED) is 0.125. The van der Waals surface area contributed by atoms with Crippen molar-refractivity contribution in [2.24, 2.45) is 5.41 Å². The Morgan fingerprint density at radius 2 is 0.915 bits per heavy atom. The Morgan fingerprint density at radius 1 is 0.454 bits per heavy atom. The van der Waals surface area contributed by atoms with Gasteiger partial charge in [-0.15, -0.1) is 0 Å². The summed E-state index contributed by atoms with van der Waals surface area (Å²) in [7, 11) is 5.71. The van der Waals surface area contributed by atoms with Crippen molar-refractivity contribution in [2.75, 3.05) is 129 Å². The lowest BCUT2D eigenvalue weighted by atomic mass is 9.78. The van der Waals surface area contributed by atoms with Crippen molar-refractivity contribution in [2.45, 2.75) is 136 Å². The molecule has 33 nitrogen and oxygen atoms in total. The van der Waals surface area contributed by atoms with Gasteiger partial charge in [0, 0.05) is 124 Å². The van der Waals surface area contributed by atoms with Gasteiger partial charge in [-0.1, -0.05) is 76.3 Å². The Balaban J connectivity index is 0.000000122. The fourth-order valence-corrected chi connectivity index (χ4v) is 19.6. The van der Waals surface area contributed by atoms with Crippen molar-refractivity contribution in [1.82, 2.24) is 72.7 Å². The Hall–Kier alpha value is -14.2. The van der Waals surface area contributed by atoms with E-state index in [1.165, 1.54) is 29.5 Å². The van der Waals surface area contributed by atoms with Crippen LogP contribution in [0.15, 0.2) is 185 Å². The molecule has 1 saturated carbocycles. The summed E-state index contributed by atoms with van der Waals surface area (Å²) < 4.78 is 33.0. The number of ether oxygens (including phenoxy) is 4. The highest BCUT2D eigenvalue weighted by atomic mass is 16.5. The van der Waals surface area contributed by atoms with Crippen LogP contribution < -0.4 is 66.4 Å². The van der Waals surface area contributed by atoms with E-state index in [4.69, 9.17) is 33.9 Å². The van der Waals surface area contributed by atoms with Crippen molar-refractivity contribution in [3.63, 3.8) is 0 Å². The second kappa shape index (κ2) is 33.1. The molecule has 6 aromatic heterocycles. The lowest BCUT2D eigenvalue weighted by Crippen LogP contribution is -2.52. The Morgan fingerprint density at radius 3 is 1.45 bits per heavy atom. The maximum Gasteiger partial charge on any atom is 0.409 e. The standard InChI is InChI=1S/C34H35N7O5.C32H36N8O3.C31H33N7O3/c1-33(2)30(43)39-14-6-4-5-7-15-40-29(42)24-18-35-31(37-28(24)41(40)23-9-11-27(46-33)26(39)17-23)36-22-8-10-25-21(16-22)19-38(32(44)45-3)20-34(25)12-13-34;1-32(2)12-4-5-13-39-30(42)25-19-33-31(34-22-6-8-23(9-7-22)37-16-14-36(3)15-17-37)35-29(25)40(39)24-10-11-27-26(18-24)38(21-32)28(41)20-43-27;1-31(2)19-35(3)17-20-14-21(8-10-24(20)31)33-30-32-16-23-28(34-30)38-22-9-11-26-25(15-22)36(27(39)18-41-26)12-6-4-5-7-13-37(38)29(23)40/h5,7-11,16-18H,4,6,12-15,19-20H2,1-3H3,(H,35,36,37);4-11,18-19H,12-17,20-21H2,1-3H3,(H,33,34,35);5,7-11,14-16H,4,6,12-13,17-19H2,1-3H3,(H,32,33,34). The summed E-state index contributed by atoms with van der Waals surface area (Å²) in [6, 6.07) is 37.8. The highest BCUT2D eigenvalue weighted by Crippen LogP contribution is 2.53. The van der Waals surface area contributed by atoms with Crippen molar-refractivity contribution in [1.29, 1.82) is 0 Å². The number of hydrogen-bond acceptors (Lipinski definition) is 23. The molecule has 22 rings (SSSR count). The van der Waals surface area contributed by atoms with Crippen LogP contribution >= 0.6 is 0 Å². The number of rotatable bonds is 7. The Labute approximate surface area is 749 Å². The largest absolute Gasteiger partial charge is 0.482 e. The minimum absolute atomic E-state index is 0.000520. The first-order valence-corrected chi connectivity index (χ1v) is 44.6. The van der Waals surface area contributed by atoms with Crippen molar-refractivity contribution in [3.8, 4) is 34.3 Å². The zero-order chi connectivity index (χ0) is 89.8. The topological polar surface area (TPSA) is 322 Å². The molecule has 1 aliphatic carbocycles. The van der Waals surface area contributed by atoms with Gasteiger partial charge < -0.3 is 69.2 Å². The molecule has 15 heterocycles. The number of aromatic nitrogens is 12. The number of hydrogen-bond donors (Lipinski definition) is 3. The van der Waals surface area contributed by atoms with Crippen LogP contribution in [0.4, 0.5) is 62.5 Å². The highest BCUT2D eigenvalue weighted by Gasteiger charge is 2.51. The molecule has 668 valence electrons. The van der Waals surface area contributed by atoms with Gasteiger partial charge in [0.15, 0.2) is 35.8 Å². The third kappa shape index (κ3) is 15.8. The minimum atomic E-state index is -0.981. The van der Waals surface area contributed by atoms with Crippen molar-refractivity contribution < 1.29 is 38.1 Å². The number of carbonyl (C=O) groups excluding carboxylic acids is 4. The smallest absolute Gasteiger partial charge is 0.409 e. The molecule has 10 aliphatic rings. The summed E-state index contributed by atoms with van der Waals surface area (Å²) in [6.45, 7) is 22.4.